The third kappa shape index (κ3) is 5.58. The second-order valence-electron chi connectivity index (χ2n) is 10.4. The molecule has 0 fully saturated rings. The standard InChI is InChI=1S/C30H33ClN6O3Si/c1-30(2,41(38,21-11-6-4-7-12-21)22-13-8-5-9-14-22)15-10-16-39-26-20-37-23(17-34-26)24(19-36-37)40-25-18-35-29(32)28(33-3)27(25)31/h4-9,11-14,17-20,33,38H,10,15-16H2,1-3H3,(H2,32,35). The maximum atomic E-state index is 12.3. The maximum absolute atomic E-state index is 12.3. The van der Waals surface area contributed by atoms with Crippen molar-refractivity contribution in [2.75, 3.05) is 24.7 Å². The number of ether oxygens (including phenoxy) is 2. The molecule has 0 bridgehead atoms. The summed E-state index contributed by atoms with van der Waals surface area (Å²) in [7, 11) is -1.35. The second kappa shape index (κ2) is 11.8. The maximum Gasteiger partial charge on any atom is 0.258 e. The molecule has 0 unspecified atom stereocenters. The lowest BCUT2D eigenvalue weighted by molar-refractivity contribution is 0.283. The van der Waals surface area contributed by atoms with Crippen LogP contribution in [0.15, 0.2) is 85.5 Å². The first-order valence-corrected chi connectivity index (χ1v) is 15.7. The lowest BCUT2D eigenvalue weighted by Crippen LogP contribution is -2.65. The van der Waals surface area contributed by atoms with Crippen LogP contribution < -0.4 is 30.9 Å². The number of hydrogen-bond donors (Lipinski definition) is 3. The number of nitrogen functional groups attached to an aromatic ring is 1. The van der Waals surface area contributed by atoms with Gasteiger partial charge in [0, 0.05) is 7.05 Å². The fourth-order valence-corrected chi connectivity index (χ4v) is 9.15. The number of rotatable bonds is 11. The van der Waals surface area contributed by atoms with Crippen molar-refractivity contribution in [2.45, 2.75) is 31.7 Å². The number of halogens is 1. The first-order valence-electron chi connectivity index (χ1n) is 13.3. The number of hydrogen-bond acceptors (Lipinski definition) is 8. The summed E-state index contributed by atoms with van der Waals surface area (Å²) in [6.45, 7) is 4.74. The summed E-state index contributed by atoms with van der Waals surface area (Å²) >= 11 is 6.42. The van der Waals surface area contributed by atoms with Crippen molar-refractivity contribution in [1.29, 1.82) is 0 Å². The highest BCUT2D eigenvalue weighted by Crippen LogP contribution is 2.40. The molecule has 3 aromatic heterocycles. The van der Waals surface area contributed by atoms with Crippen LogP contribution in [0.5, 0.6) is 17.4 Å². The van der Waals surface area contributed by atoms with Crippen LogP contribution in [-0.2, 0) is 0 Å². The molecule has 11 heteroatoms. The number of nitrogens with two attached hydrogens (primary N) is 1. The number of anilines is 2. The first-order chi connectivity index (χ1) is 19.7. The molecule has 5 rings (SSSR count). The topological polar surface area (TPSA) is 120 Å². The molecule has 0 amide bonds. The average molecular weight is 589 g/mol. The Hall–Kier alpha value is -4.12. The molecule has 0 aliphatic rings. The number of nitrogens with one attached hydrogen (secondary N) is 1. The smallest absolute Gasteiger partial charge is 0.258 e. The molecule has 0 saturated carbocycles. The quantitative estimate of drug-likeness (QED) is 0.147. The zero-order valence-corrected chi connectivity index (χ0v) is 25.0. The summed E-state index contributed by atoms with van der Waals surface area (Å²) in [5, 5.41) is 9.27. The Balaban J connectivity index is 1.26. The van der Waals surface area contributed by atoms with E-state index in [-0.39, 0.29) is 10.9 Å². The van der Waals surface area contributed by atoms with E-state index in [4.69, 9.17) is 26.8 Å². The molecular formula is C30H33ClN6O3Si. The minimum absolute atomic E-state index is 0.281. The van der Waals surface area contributed by atoms with Crippen LogP contribution in [0.2, 0.25) is 10.1 Å². The fourth-order valence-electron chi connectivity index (χ4n) is 5.09. The first kappa shape index (κ1) is 28.4. The highest BCUT2D eigenvalue weighted by atomic mass is 35.5. The predicted molar refractivity (Wildman–Crippen MR) is 165 cm³/mol. The Morgan fingerprint density at radius 1 is 0.976 bits per heavy atom. The highest BCUT2D eigenvalue weighted by Gasteiger charge is 2.49. The lowest BCUT2D eigenvalue weighted by Gasteiger charge is -2.41. The van der Waals surface area contributed by atoms with Crippen molar-refractivity contribution >= 4 is 47.3 Å². The summed E-state index contributed by atoms with van der Waals surface area (Å²) < 4.78 is 13.6. The van der Waals surface area contributed by atoms with Gasteiger partial charge in [-0.25, -0.2) is 14.5 Å². The van der Waals surface area contributed by atoms with Gasteiger partial charge in [0.15, 0.2) is 11.5 Å². The van der Waals surface area contributed by atoms with Crippen molar-refractivity contribution in [3.63, 3.8) is 0 Å². The van der Waals surface area contributed by atoms with Gasteiger partial charge in [-0.05, 0) is 28.3 Å². The van der Waals surface area contributed by atoms with E-state index in [2.05, 4.69) is 34.2 Å². The molecule has 0 atom stereocenters. The van der Waals surface area contributed by atoms with E-state index in [9.17, 15) is 4.80 Å². The number of aromatic nitrogens is 4. The van der Waals surface area contributed by atoms with Gasteiger partial charge in [-0.15, -0.1) is 0 Å². The molecule has 3 heterocycles. The Kier molecular flexibility index (Phi) is 8.16. The monoisotopic (exact) mass is 588 g/mol. The minimum atomic E-state index is -3.06. The molecular weight excluding hydrogens is 556 g/mol. The van der Waals surface area contributed by atoms with E-state index < -0.39 is 8.32 Å². The number of pyridine rings is 1. The molecule has 41 heavy (non-hydrogen) atoms. The Morgan fingerprint density at radius 3 is 2.27 bits per heavy atom. The van der Waals surface area contributed by atoms with Gasteiger partial charge in [-0.3, -0.25) is 0 Å². The van der Waals surface area contributed by atoms with Crippen molar-refractivity contribution in [3.8, 4) is 17.4 Å². The van der Waals surface area contributed by atoms with Gasteiger partial charge in [-0.2, -0.15) is 5.10 Å². The molecule has 9 nitrogen and oxygen atoms in total. The van der Waals surface area contributed by atoms with Crippen molar-refractivity contribution in [3.05, 3.63) is 90.5 Å². The molecule has 2 aromatic carbocycles. The van der Waals surface area contributed by atoms with E-state index in [1.165, 1.54) is 6.20 Å². The van der Waals surface area contributed by atoms with Crippen LogP contribution in [0.25, 0.3) is 5.52 Å². The summed E-state index contributed by atoms with van der Waals surface area (Å²) in [5.41, 5.74) is 7.00. The number of nitrogens with zero attached hydrogens (tertiary/aromatic N) is 4. The van der Waals surface area contributed by atoms with Crippen LogP contribution in [0.1, 0.15) is 26.7 Å². The van der Waals surface area contributed by atoms with E-state index in [0.717, 1.165) is 23.2 Å². The van der Waals surface area contributed by atoms with E-state index in [0.29, 0.717) is 40.2 Å². The van der Waals surface area contributed by atoms with Gasteiger partial charge in [0.05, 0.1) is 37.1 Å². The van der Waals surface area contributed by atoms with Crippen LogP contribution >= 0.6 is 11.6 Å². The summed E-state index contributed by atoms with van der Waals surface area (Å²) in [6, 6.07) is 20.1. The average Bonchev–Trinajstić information content (AvgIpc) is 3.39. The molecule has 0 aliphatic carbocycles. The molecule has 0 spiro atoms. The molecule has 212 valence electrons. The summed E-state index contributed by atoms with van der Waals surface area (Å²) in [5.74, 6) is 1.53. The van der Waals surface area contributed by atoms with Crippen LogP contribution in [0.4, 0.5) is 11.5 Å². The van der Waals surface area contributed by atoms with Crippen molar-refractivity contribution in [1.82, 2.24) is 19.6 Å². The predicted octanol–water partition coefficient (Wildman–Crippen LogP) is 4.89. The Labute approximate surface area is 245 Å². The molecule has 5 aromatic rings. The van der Waals surface area contributed by atoms with E-state index in [1.54, 1.807) is 30.2 Å². The van der Waals surface area contributed by atoms with Gasteiger partial charge in [0.25, 0.3) is 8.32 Å². The SMILES string of the molecule is CNc1c(N)ncc(Oc2cnn3cc(OCCCC(C)(C)[Si](O)(c4ccccc4)c4ccccc4)ncc23)c1Cl. The fraction of sp³-hybridized carbons (Fsp3) is 0.233. The highest BCUT2D eigenvalue weighted by molar-refractivity contribution is 6.98. The van der Waals surface area contributed by atoms with Crippen LogP contribution in [0, 0.1) is 0 Å². The largest absolute Gasteiger partial charge is 0.477 e. The van der Waals surface area contributed by atoms with Gasteiger partial charge in [0.1, 0.15) is 16.4 Å². The van der Waals surface area contributed by atoms with Crippen molar-refractivity contribution in [2.24, 2.45) is 0 Å². The molecule has 0 aliphatic heterocycles. The Morgan fingerprint density at radius 2 is 1.63 bits per heavy atom. The third-order valence-corrected chi connectivity index (χ3v) is 12.3. The lowest BCUT2D eigenvalue weighted by atomic mass is 10.1. The Bertz CT molecular complexity index is 1590. The zero-order chi connectivity index (χ0) is 29.0. The second-order valence-corrected chi connectivity index (χ2v) is 14.7. The molecule has 0 radical (unpaired) electrons. The van der Waals surface area contributed by atoms with Crippen LogP contribution in [-0.4, -0.2) is 46.3 Å². The molecule has 4 N–H and O–H groups in total. The van der Waals surface area contributed by atoms with E-state index in [1.807, 2.05) is 60.7 Å². The summed E-state index contributed by atoms with van der Waals surface area (Å²) in [4.78, 5) is 20.9. The van der Waals surface area contributed by atoms with Crippen molar-refractivity contribution < 1.29 is 14.3 Å². The third-order valence-electron chi connectivity index (χ3n) is 7.39. The minimum Gasteiger partial charge on any atom is -0.477 e. The number of benzene rings is 2. The number of fused-ring (bicyclic) bond motifs is 1. The zero-order valence-electron chi connectivity index (χ0n) is 23.2. The van der Waals surface area contributed by atoms with Gasteiger partial charge >= 0.3 is 0 Å². The van der Waals surface area contributed by atoms with Gasteiger partial charge in [-0.1, -0.05) is 86.1 Å². The van der Waals surface area contributed by atoms with Gasteiger partial charge < -0.3 is 25.3 Å². The van der Waals surface area contributed by atoms with Crippen LogP contribution in [0.3, 0.4) is 0 Å². The normalized spacial score (nSPS) is 11.9. The van der Waals surface area contributed by atoms with E-state index >= 15 is 0 Å². The summed E-state index contributed by atoms with van der Waals surface area (Å²) in [6.07, 6.45) is 7.89. The van der Waals surface area contributed by atoms with Gasteiger partial charge in [0.2, 0.25) is 5.88 Å². The molecule has 0 saturated heterocycles.